The second kappa shape index (κ2) is 29.3. The summed E-state index contributed by atoms with van der Waals surface area (Å²) in [6.45, 7) is 28.7. The van der Waals surface area contributed by atoms with E-state index in [4.69, 9.17) is 13.8 Å². The van der Waals surface area contributed by atoms with Crippen LogP contribution in [0, 0.1) is 0 Å². The van der Waals surface area contributed by atoms with Gasteiger partial charge in [0, 0.05) is 28.2 Å². The van der Waals surface area contributed by atoms with Gasteiger partial charge >= 0.3 is 0 Å². The highest BCUT2D eigenvalue weighted by molar-refractivity contribution is 7.68. The molecule has 0 N–H and O–H groups in total. The van der Waals surface area contributed by atoms with Crippen LogP contribution in [0.3, 0.4) is 0 Å². The Labute approximate surface area is 367 Å². The number of hydrogen-bond acceptors (Lipinski definition) is 3. The molecule has 0 saturated heterocycles. The van der Waals surface area contributed by atoms with E-state index < -0.39 is 13.5 Å². The largest absolute Gasteiger partial charge is 0.488 e. The monoisotopic (exact) mass is 840 g/mol. The highest BCUT2D eigenvalue weighted by Crippen LogP contribution is 2.45. The summed E-state index contributed by atoms with van der Waals surface area (Å²) in [5.41, 5.74) is 5.56. The van der Waals surface area contributed by atoms with Gasteiger partial charge in [-0.05, 0) is 72.1 Å². The van der Waals surface area contributed by atoms with E-state index in [2.05, 4.69) is 130 Å². The van der Waals surface area contributed by atoms with Crippen molar-refractivity contribution < 1.29 is 13.8 Å². The predicted molar refractivity (Wildman–Crippen MR) is 269 cm³/mol. The van der Waals surface area contributed by atoms with Crippen molar-refractivity contribution in [3.8, 4) is 0 Å². The molecule has 4 aromatic carbocycles. The smallest absolute Gasteiger partial charge is 0.154 e. The molecule has 0 fully saturated rings. The van der Waals surface area contributed by atoms with Crippen LogP contribution >= 0.6 is 17.0 Å². The van der Waals surface area contributed by atoms with Crippen molar-refractivity contribution in [2.75, 3.05) is 0 Å². The van der Waals surface area contributed by atoms with E-state index in [1.54, 1.807) is 6.26 Å². The first kappa shape index (κ1) is 51.2. The molecule has 0 aliphatic heterocycles. The van der Waals surface area contributed by atoms with Gasteiger partial charge in [-0.3, -0.25) is 0 Å². The third-order valence-corrected chi connectivity index (χ3v) is 11.3. The maximum atomic E-state index is 7.25. The second-order valence-electron chi connectivity index (χ2n) is 13.4. The van der Waals surface area contributed by atoms with E-state index >= 15 is 0 Å². The lowest BCUT2D eigenvalue weighted by molar-refractivity contribution is 0.134. The normalized spacial score (nSPS) is 13.8. The van der Waals surface area contributed by atoms with Crippen LogP contribution in [0.5, 0.6) is 0 Å². The highest BCUT2D eigenvalue weighted by atomic mass is 31.1. The van der Waals surface area contributed by atoms with Crippen LogP contribution in [-0.4, -0.2) is 5.34 Å². The molecule has 2 aliphatic carbocycles. The van der Waals surface area contributed by atoms with Crippen LogP contribution < -0.4 is 21.0 Å². The van der Waals surface area contributed by atoms with Gasteiger partial charge in [0.1, 0.15) is 20.3 Å². The molecule has 0 amide bonds. The van der Waals surface area contributed by atoms with E-state index in [1.165, 1.54) is 17.5 Å². The summed E-state index contributed by atoms with van der Waals surface area (Å²) >= 11 is 0. The van der Waals surface area contributed by atoms with Crippen molar-refractivity contribution in [2.45, 2.75) is 100 Å². The third-order valence-electron chi connectivity index (χ3n) is 8.50. The van der Waals surface area contributed by atoms with Crippen molar-refractivity contribution in [3.05, 3.63) is 208 Å². The number of benzene rings is 4. The molecule has 0 radical (unpaired) electrons. The Bertz CT molecular complexity index is 2120. The van der Waals surface area contributed by atoms with Crippen molar-refractivity contribution >= 4 is 46.3 Å². The molecule has 318 valence electrons. The molecule has 0 bridgehead atoms. The first-order chi connectivity index (χ1) is 29.3. The van der Waals surface area contributed by atoms with E-state index in [0.29, 0.717) is 12.2 Å². The number of ether oxygens (including phenoxy) is 1. The lowest BCUT2D eigenvalue weighted by Crippen LogP contribution is -2.21. The van der Waals surface area contributed by atoms with E-state index in [9.17, 15) is 0 Å². The van der Waals surface area contributed by atoms with Crippen LogP contribution in [0.4, 0.5) is 0 Å². The summed E-state index contributed by atoms with van der Waals surface area (Å²) in [5.74, 6) is 1.53. The molecule has 0 aromatic heterocycles. The minimum Gasteiger partial charge on any atom is -0.488 e. The van der Waals surface area contributed by atoms with Gasteiger partial charge in [0.15, 0.2) is 13.5 Å². The van der Waals surface area contributed by atoms with Crippen molar-refractivity contribution in [3.63, 3.8) is 0 Å². The predicted octanol–water partition coefficient (Wildman–Crippen LogP) is 14.6. The van der Waals surface area contributed by atoms with Crippen molar-refractivity contribution in [1.29, 1.82) is 0 Å². The summed E-state index contributed by atoms with van der Waals surface area (Å²) < 4.78 is 20.2. The molecule has 5 heteroatoms. The van der Waals surface area contributed by atoms with Crippen molar-refractivity contribution in [1.82, 2.24) is 0 Å². The molecular weight excluding hydrogens is 771 g/mol. The van der Waals surface area contributed by atoms with E-state index in [0.717, 1.165) is 56.4 Å². The molecule has 1 unspecified atom stereocenters. The Morgan fingerprint density at radius 1 is 0.750 bits per heavy atom. The number of fused-ring (bicyclic) bond motifs is 1. The molecule has 0 saturated carbocycles. The van der Waals surface area contributed by atoms with Crippen LogP contribution in [0.15, 0.2) is 187 Å². The van der Waals surface area contributed by atoms with E-state index in [1.807, 2.05) is 110 Å². The number of allylic oxidation sites excluding steroid dienone is 9. The quantitative estimate of drug-likeness (QED) is 0.0762. The maximum Gasteiger partial charge on any atom is 0.154 e. The Morgan fingerprint density at radius 3 is 1.92 bits per heavy atom. The van der Waals surface area contributed by atoms with E-state index in [-0.39, 0.29) is 8.81 Å². The van der Waals surface area contributed by atoms with Gasteiger partial charge in [-0.2, -0.15) is 0 Å². The molecule has 0 spiro atoms. The summed E-state index contributed by atoms with van der Waals surface area (Å²) in [7, 11) is -1.19. The SMILES string of the molecule is C=C/C(OPC(C)(C)O/C=C/C=c1/ccccc1=C)=C(\C1=CCCC=C1)C1=C(OP(c2ccccc2)c2ccccc2)C=Cc2ccccc2C1.CC.CC.CC.CCC. The van der Waals surface area contributed by atoms with Crippen LogP contribution in [0.25, 0.3) is 18.7 Å². The zero-order valence-corrected chi connectivity index (χ0v) is 39.9. The maximum absolute atomic E-state index is 7.25. The topological polar surface area (TPSA) is 27.7 Å². The molecule has 0 heterocycles. The molecule has 3 nitrogen and oxygen atoms in total. The summed E-state index contributed by atoms with van der Waals surface area (Å²) in [4.78, 5) is 0. The fourth-order valence-electron chi connectivity index (χ4n) is 5.89. The van der Waals surface area contributed by atoms with Gasteiger partial charge in [0.05, 0.1) is 6.26 Å². The summed E-state index contributed by atoms with van der Waals surface area (Å²) in [6.07, 6.45) is 22.4. The fourth-order valence-corrected chi connectivity index (χ4v) is 8.31. The third kappa shape index (κ3) is 16.3. The second-order valence-corrected chi connectivity index (χ2v) is 16.8. The van der Waals surface area contributed by atoms with Gasteiger partial charge in [-0.25, -0.2) is 0 Å². The molecular formula is C55H70O3P2. The number of rotatable bonds is 13. The molecule has 6 rings (SSSR count). The van der Waals surface area contributed by atoms with Gasteiger partial charge in [0.2, 0.25) is 0 Å². The lowest BCUT2D eigenvalue weighted by atomic mass is 9.88. The van der Waals surface area contributed by atoms with Crippen LogP contribution in [-0.2, 0) is 20.2 Å². The minimum absolute atomic E-state index is 0.0101. The highest BCUT2D eigenvalue weighted by Gasteiger charge is 2.27. The van der Waals surface area contributed by atoms with Gasteiger partial charge in [0.25, 0.3) is 0 Å². The summed E-state index contributed by atoms with van der Waals surface area (Å²) in [5, 5.41) is 3.72. The van der Waals surface area contributed by atoms with Gasteiger partial charge in [-0.1, -0.05) is 215 Å². The Balaban J connectivity index is 0.00000128. The first-order valence-electron chi connectivity index (χ1n) is 21.7. The first-order valence-corrected chi connectivity index (χ1v) is 23.8. The fraction of sp³-hybridized carbons (Fsp3) is 0.273. The average Bonchev–Trinajstić information content (AvgIpc) is 3.48. The Morgan fingerprint density at radius 2 is 1.33 bits per heavy atom. The lowest BCUT2D eigenvalue weighted by Gasteiger charge is -2.27. The standard InChI is InChI=1S/C46H44O3P2.C3H8.3C2H6/c1-5-43(48-50-46(3,4)47-33-19-26-36-21-16-15-20-35(36)2)45(38-23-9-6-10-24-38)42-34-39-25-18-17-22-37(39)31-32-44(42)49-51(40-27-11-7-12-28-40)41-29-13-8-14-30-41;1-3-2;3*1-2/h5,7-9,11-33,50H,1-2,6,10,34H2,3-4H3;3H2,1-2H3;3*1-2H3/b33-19+,36-26-,45-43-;;;;. The zero-order chi connectivity index (χ0) is 44.2. The van der Waals surface area contributed by atoms with Crippen LogP contribution in [0.1, 0.15) is 99.6 Å². The van der Waals surface area contributed by atoms with Gasteiger partial charge < -0.3 is 13.8 Å². The average molecular weight is 841 g/mol. The Kier molecular flexibility index (Phi) is 25.0. The number of hydrogen-bond donors (Lipinski definition) is 0. The molecule has 4 aromatic rings. The molecule has 60 heavy (non-hydrogen) atoms. The van der Waals surface area contributed by atoms with Gasteiger partial charge in [-0.15, -0.1) is 0 Å². The molecule has 1 atom stereocenters. The summed E-state index contributed by atoms with van der Waals surface area (Å²) in [6, 6.07) is 37.6. The minimum atomic E-state index is -1.18. The zero-order valence-electron chi connectivity index (χ0n) is 38.0. The van der Waals surface area contributed by atoms with Crippen LogP contribution in [0.2, 0.25) is 0 Å². The van der Waals surface area contributed by atoms with Crippen molar-refractivity contribution in [2.24, 2.45) is 0 Å². The molecule has 2 aliphatic rings. The Hall–Kier alpha value is -4.94.